The van der Waals surface area contributed by atoms with Crippen LogP contribution in [0.3, 0.4) is 0 Å². The van der Waals surface area contributed by atoms with Crippen molar-refractivity contribution in [2.75, 3.05) is 10.6 Å². The van der Waals surface area contributed by atoms with Crippen LogP contribution in [0.2, 0.25) is 0 Å². The molecule has 0 radical (unpaired) electrons. The van der Waals surface area contributed by atoms with Crippen LogP contribution in [0.4, 0.5) is 10.8 Å². The first-order valence-electron chi connectivity index (χ1n) is 8.36. The van der Waals surface area contributed by atoms with Gasteiger partial charge in [-0.1, -0.05) is 11.3 Å². The van der Waals surface area contributed by atoms with Crippen LogP contribution < -0.4 is 10.6 Å². The first-order valence-corrected chi connectivity index (χ1v) is 10.1. The van der Waals surface area contributed by atoms with E-state index in [0.717, 1.165) is 16.1 Å². The van der Waals surface area contributed by atoms with Gasteiger partial charge in [-0.3, -0.25) is 9.59 Å². The summed E-state index contributed by atoms with van der Waals surface area (Å²) in [6, 6.07) is 7.09. The SMILES string of the molecule is CC(=O)Nc1nc(C)c(-c2csc(C(=O)Nc3ccc(-c4nn[nH]n4)cc3)n2)s1. The zero-order valence-electron chi connectivity index (χ0n) is 15.3. The number of aromatic nitrogens is 6. The number of aryl methyl sites for hydroxylation is 1. The Labute approximate surface area is 172 Å². The molecule has 3 N–H and O–H groups in total. The second-order valence-corrected chi connectivity index (χ2v) is 7.78. The molecule has 0 fully saturated rings. The summed E-state index contributed by atoms with van der Waals surface area (Å²) in [6.45, 7) is 3.26. The van der Waals surface area contributed by atoms with Crippen molar-refractivity contribution in [1.82, 2.24) is 30.6 Å². The lowest BCUT2D eigenvalue weighted by Crippen LogP contribution is -2.11. The van der Waals surface area contributed by atoms with Gasteiger partial charge in [-0.15, -0.1) is 21.5 Å². The van der Waals surface area contributed by atoms with Gasteiger partial charge in [0.2, 0.25) is 11.7 Å². The van der Waals surface area contributed by atoms with Crippen LogP contribution in [0.1, 0.15) is 22.4 Å². The first kappa shape index (κ1) is 18.8. The van der Waals surface area contributed by atoms with Crippen LogP contribution in [0.5, 0.6) is 0 Å². The molecule has 10 nitrogen and oxygen atoms in total. The maximum Gasteiger partial charge on any atom is 0.284 e. The Morgan fingerprint density at radius 3 is 2.59 bits per heavy atom. The fraction of sp³-hybridized carbons (Fsp3) is 0.118. The molecule has 1 aromatic carbocycles. The normalized spacial score (nSPS) is 10.7. The van der Waals surface area contributed by atoms with Crippen molar-refractivity contribution in [3.8, 4) is 22.0 Å². The third-order valence-corrected chi connectivity index (χ3v) is 5.69. The maximum atomic E-state index is 12.5. The predicted octanol–water partition coefficient (Wildman–Crippen LogP) is 2.97. The molecule has 0 atom stereocenters. The molecular formula is C17H14N8O2S2. The summed E-state index contributed by atoms with van der Waals surface area (Å²) in [5.74, 6) is -0.0159. The fourth-order valence-electron chi connectivity index (χ4n) is 2.49. The van der Waals surface area contributed by atoms with Crippen molar-refractivity contribution < 1.29 is 9.59 Å². The molecule has 146 valence electrons. The van der Waals surface area contributed by atoms with E-state index in [1.165, 1.54) is 29.6 Å². The topological polar surface area (TPSA) is 138 Å². The molecular weight excluding hydrogens is 412 g/mol. The van der Waals surface area contributed by atoms with Gasteiger partial charge in [0.1, 0.15) is 0 Å². The van der Waals surface area contributed by atoms with E-state index in [4.69, 9.17) is 0 Å². The van der Waals surface area contributed by atoms with E-state index in [1.54, 1.807) is 29.6 Å². The number of H-pyrrole nitrogens is 1. The maximum absolute atomic E-state index is 12.5. The molecule has 0 unspecified atom stereocenters. The van der Waals surface area contributed by atoms with Crippen molar-refractivity contribution in [1.29, 1.82) is 0 Å². The number of hydrogen-bond acceptors (Lipinski definition) is 9. The smallest absolute Gasteiger partial charge is 0.284 e. The van der Waals surface area contributed by atoms with Gasteiger partial charge in [-0.25, -0.2) is 9.97 Å². The molecule has 0 aliphatic carbocycles. The number of nitrogens with one attached hydrogen (secondary N) is 3. The fourth-order valence-corrected chi connectivity index (χ4v) is 4.24. The number of hydrogen-bond donors (Lipinski definition) is 3. The van der Waals surface area contributed by atoms with Gasteiger partial charge in [-0.05, 0) is 36.4 Å². The number of thiazole rings is 2. The number of anilines is 2. The third kappa shape index (κ3) is 4.17. The summed E-state index contributed by atoms with van der Waals surface area (Å²) in [5.41, 5.74) is 2.80. The Bertz CT molecular complexity index is 1160. The lowest BCUT2D eigenvalue weighted by Gasteiger charge is -2.03. The molecule has 4 aromatic rings. The van der Waals surface area contributed by atoms with E-state index in [0.29, 0.717) is 27.3 Å². The molecule has 3 aromatic heterocycles. The van der Waals surface area contributed by atoms with Gasteiger partial charge in [0, 0.05) is 23.6 Å². The summed E-state index contributed by atoms with van der Waals surface area (Å²) >= 11 is 2.56. The van der Waals surface area contributed by atoms with E-state index in [9.17, 15) is 9.59 Å². The minimum atomic E-state index is -0.308. The second-order valence-electron chi connectivity index (χ2n) is 5.92. The monoisotopic (exact) mass is 426 g/mol. The Kier molecular flexibility index (Phi) is 5.10. The largest absolute Gasteiger partial charge is 0.320 e. The Hall–Kier alpha value is -3.51. The number of tetrazole rings is 1. The molecule has 12 heteroatoms. The number of aromatic amines is 1. The molecule has 3 heterocycles. The zero-order valence-corrected chi connectivity index (χ0v) is 16.9. The minimum absolute atomic E-state index is 0.186. The molecule has 0 bridgehead atoms. The van der Waals surface area contributed by atoms with Gasteiger partial charge in [0.15, 0.2) is 10.1 Å². The van der Waals surface area contributed by atoms with Crippen LogP contribution in [0, 0.1) is 6.92 Å². The minimum Gasteiger partial charge on any atom is -0.320 e. The number of rotatable bonds is 5. The van der Waals surface area contributed by atoms with E-state index in [2.05, 4.69) is 41.2 Å². The van der Waals surface area contributed by atoms with E-state index in [1.807, 2.05) is 6.92 Å². The number of carbonyl (C=O) groups is 2. The summed E-state index contributed by atoms with van der Waals surface area (Å²) < 4.78 is 0. The van der Waals surface area contributed by atoms with Crippen molar-refractivity contribution in [2.24, 2.45) is 0 Å². The number of nitrogens with zero attached hydrogens (tertiary/aromatic N) is 5. The highest BCUT2D eigenvalue weighted by Gasteiger charge is 2.17. The average molecular weight is 426 g/mol. The lowest BCUT2D eigenvalue weighted by molar-refractivity contribution is -0.114. The van der Waals surface area contributed by atoms with E-state index in [-0.39, 0.29) is 11.8 Å². The van der Waals surface area contributed by atoms with E-state index >= 15 is 0 Å². The van der Waals surface area contributed by atoms with Crippen molar-refractivity contribution in [3.63, 3.8) is 0 Å². The predicted molar refractivity (Wildman–Crippen MR) is 110 cm³/mol. The highest BCUT2D eigenvalue weighted by atomic mass is 32.1. The average Bonchev–Trinajstić information content (AvgIpc) is 3.42. The van der Waals surface area contributed by atoms with Gasteiger partial charge in [0.05, 0.1) is 16.3 Å². The van der Waals surface area contributed by atoms with Gasteiger partial charge in [-0.2, -0.15) is 5.21 Å². The van der Waals surface area contributed by atoms with Crippen molar-refractivity contribution in [2.45, 2.75) is 13.8 Å². The molecule has 0 spiro atoms. The molecule has 0 saturated carbocycles. The molecule has 2 amide bonds. The van der Waals surface area contributed by atoms with Crippen LogP contribution >= 0.6 is 22.7 Å². The van der Waals surface area contributed by atoms with Crippen molar-refractivity contribution in [3.05, 3.63) is 40.3 Å². The van der Waals surface area contributed by atoms with Gasteiger partial charge < -0.3 is 10.6 Å². The molecule has 4 rings (SSSR count). The number of carbonyl (C=O) groups excluding carboxylic acids is 2. The lowest BCUT2D eigenvalue weighted by atomic mass is 10.2. The highest BCUT2D eigenvalue weighted by Crippen LogP contribution is 2.33. The zero-order chi connectivity index (χ0) is 20.4. The van der Waals surface area contributed by atoms with Crippen LogP contribution in [0.15, 0.2) is 29.6 Å². The molecule has 0 aliphatic rings. The van der Waals surface area contributed by atoms with Crippen molar-refractivity contribution >= 4 is 45.3 Å². The van der Waals surface area contributed by atoms with Gasteiger partial charge in [0.25, 0.3) is 5.91 Å². The standard InChI is InChI=1S/C17H14N8O2S2/c1-8-13(29-17(18-8)19-9(2)26)12-7-28-16(21-12)15(27)20-11-5-3-10(4-6-11)14-22-24-25-23-14/h3-7H,1-2H3,(H,20,27)(H,18,19,26)(H,22,23,24,25). The molecule has 0 aliphatic heterocycles. The van der Waals surface area contributed by atoms with Gasteiger partial charge >= 0.3 is 0 Å². The molecule has 29 heavy (non-hydrogen) atoms. The quantitative estimate of drug-likeness (QED) is 0.446. The third-order valence-electron chi connectivity index (χ3n) is 3.76. The Balaban J connectivity index is 1.47. The first-order chi connectivity index (χ1) is 14.0. The molecule has 0 saturated heterocycles. The summed E-state index contributed by atoms with van der Waals surface area (Å²) in [6.07, 6.45) is 0. The Morgan fingerprint density at radius 1 is 1.10 bits per heavy atom. The summed E-state index contributed by atoms with van der Waals surface area (Å²) in [5, 5.41) is 21.9. The van der Waals surface area contributed by atoms with Crippen LogP contribution in [-0.4, -0.2) is 42.4 Å². The highest BCUT2D eigenvalue weighted by molar-refractivity contribution is 7.19. The number of amides is 2. The van der Waals surface area contributed by atoms with Crippen LogP contribution in [0.25, 0.3) is 22.0 Å². The van der Waals surface area contributed by atoms with E-state index < -0.39 is 0 Å². The Morgan fingerprint density at radius 2 is 1.90 bits per heavy atom. The summed E-state index contributed by atoms with van der Waals surface area (Å²) in [7, 11) is 0. The number of benzene rings is 1. The van der Waals surface area contributed by atoms with Crippen LogP contribution in [-0.2, 0) is 4.79 Å². The second kappa shape index (κ2) is 7.85. The summed E-state index contributed by atoms with van der Waals surface area (Å²) in [4.78, 5) is 33.3.